The standard InChI is InChI=1S/C19H24FN7/c1-3-4-10-27-15(2)17(25-19(27)26-11-8-21-9-12-26)14-23-22-13-16-6-5-7-18(20)24-16/h5-7,14,21-22H,8-13H2,1-2H3/b23-14-. The highest BCUT2D eigenvalue weighted by molar-refractivity contribution is 5.79. The molecule has 1 saturated heterocycles. The summed E-state index contributed by atoms with van der Waals surface area (Å²) >= 11 is 0. The number of rotatable bonds is 6. The van der Waals surface area contributed by atoms with Crippen molar-refractivity contribution in [2.45, 2.75) is 26.9 Å². The zero-order valence-electron chi connectivity index (χ0n) is 15.7. The largest absolute Gasteiger partial charge is 0.340 e. The number of hydrogen-bond acceptors (Lipinski definition) is 6. The minimum absolute atomic E-state index is 0.347. The second kappa shape index (κ2) is 9.14. The Hall–Kier alpha value is -2.92. The van der Waals surface area contributed by atoms with Crippen LogP contribution in [0.15, 0.2) is 23.3 Å². The topological polar surface area (TPSA) is 70.4 Å². The van der Waals surface area contributed by atoms with E-state index in [1.54, 1.807) is 18.3 Å². The number of anilines is 1. The van der Waals surface area contributed by atoms with E-state index in [-0.39, 0.29) is 0 Å². The number of hydrogen-bond donors (Lipinski definition) is 2. The van der Waals surface area contributed by atoms with Crippen LogP contribution in [-0.2, 0) is 13.1 Å². The zero-order chi connectivity index (χ0) is 19.1. The van der Waals surface area contributed by atoms with Gasteiger partial charge in [-0.25, -0.2) is 9.97 Å². The Kier molecular flexibility index (Phi) is 6.39. The highest BCUT2D eigenvalue weighted by atomic mass is 19.1. The molecule has 1 aliphatic rings. The Labute approximate surface area is 158 Å². The van der Waals surface area contributed by atoms with E-state index in [1.165, 1.54) is 6.07 Å². The molecule has 0 saturated carbocycles. The molecular weight excluding hydrogens is 345 g/mol. The predicted octanol–water partition coefficient (Wildman–Crippen LogP) is 1.28. The molecule has 3 rings (SSSR count). The normalized spacial score (nSPS) is 14.3. The van der Waals surface area contributed by atoms with Gasteiger partial charge in [-0.05, 0) is 26.0 Å². The second-order valence-electron chi connectivity index (χ2n) is 6.18. The molecule has 8 heteroatoms. The summed E-state index contributed by atoms with van der Waals surface area (Å²) in [6, 6.07) is 4.69. The van der Waals surface area contributed by atoms with Crippen LogP contribution in [0.1, 0.15) is 24.0 Å². The maximum Gasteiger partial charge on any atom is 0.213 e. The summed E-state index contributed by atoms with van der Waals surface area (Å²) in [5.74, 6) is 6.49. The lowest BCUT2D eigenvalue weighted by Crippen LogP contribution is -2.44. The monoisotopic (exact) mass is 369 g/mol. The molecule has 7 nitrogen and oxygen atoms in total. The molecule has 0 spiro atoms. The van der Waals surface area contributed by atoms with E-state index in [1.807, 2.05) is 13.8 Å². The third kappa shape index (κ3) is 4.83. The van der Waals surface area contributed by atoms with Crippen molar-refractivity contribution in [1.82, 2.24) is 25.3 Å². The van der Waals surface area contributed by atoms with Gasteiger partial charge in [-0.15, -0.1) is 5.92 Å². The highest BCUT2D eigenvalue weighted by Crippen LogP contribution is 2.19. The molecule has 0 aliphatic carbocycles. The molecular formula is C19H24FN7. The van der Waals surface area contributed by atoms with Gasteiger partial charge in [0.15, 0.2) is 0 Å². The smallest absolute Gasteiger partial charge is 0.213 e. The lowest BCUT2D eigenvalue weighted by Gasteiger charge is -2.28. The van der Waals surface area contributed by atoms with Crippen molar-refractivity contribution in [2.75, 3.05) is 31.1 Å². The van der Waals surface area contributed by atoms with Crippen LogP contribution < -0.4 is 15.6 Å². The maximum atomic E-state index is 13.1. The van der Waals surface area contributed by atoms with Crippen molar-refractivity contribution in [3.8, 4) is 11.8 Å². The van der Waals surface area contributed by atoms with Crippen molar-refractivity contribution < 1.29 is 4.39 Å². The molecule has 2 aromatic heterocycles. The summed E-state index contributed by atoms with van der Waals surface area (Å²) in [5.41, 5.74) is 5.29. The van der Waals surface area contributed by atoms with E-state index >= 15 is 0 Å². The Morgan fingerprint density at radius 2 is 2.15 bits per heavy atom. The summed E-state index contributed by atoms with van der Waals surface area (Å²) < 4.78 is 15.2. The summed E-state index contributed by atoms with van der Waals surface area (Å²) in [6.07, 6.45) is 1.69. The summed E-state index contributed by atoms with van der Waals surface area (Å²) in [4.78, 5) is 10.8. The first-order valence-electron chi connectivity index (χ1n) is 8.99. The average molecular weight is 369 g/mol. The quantitative estimate of drug-likeness (QED) is 0.347. The third-order valence-electron chi connectivity index (χ3n) is 4.36. The zero-order valence-corrected chi connectivity index (χ0v) is 15.7. The first kappa shape index (κ1) is 18.9. The number of piperazine rings is 1. The molecule has 3 heterocycles. The lowest BCUT2D eigenvalue weighted by molar-refractivity contribution is 0.570. The van der Waals surface area contributed by atoms with Gasteiger partial charge >= 0.3 is 0 Å². The predicted molar refractivity (Wildman–Crippen MR) is 104 cm³/mol. The summed E-state index contributed by atoms with van der Waals surface area (Å²) in [7, 11) is 0. The summed E-state index contributed by atoms with van der Waals surface area (Å²) in [6.45, 7) is 8.51. The average Bonchev–Trinajstić information content (AvgIpc) is 3.00. The van der Waals surface area contributed by atoms with Gasteiger partial charge in [0.1, 0.15) is 5.69 Å². The number of aromatic nitrogens is 3. The van der Waals surface area contributed by atoms with E-state index in [9.17, 15) is 4.39 Å². The van der Waals surface area contributed by atoms with E-state index in [0.717, 1.165) is 43.5 Å². The molecule has 0 bridgehead atoms. The van der Waals surface area contributed by atoms with Crippen LogP contribution in [-0.4, -0.2) is 46.9 Å². The van der Waals surface area contributed by atoms with Gasteiger partial charge < -0.3 is 20.2 Å². The Morgan fingerprint density at radius 1 is 1.33 bits per heavy atom. The van der Waals surface area contributed by atoms with Crippen molar-refractivity contribution in [2.24, 2.45) is 5.10 Å². The Bertz CT molecular complexity index is 857. The molecule has 0 aromatic carbocycles. The Morgan fingerprint density at radius 3 is 2.89 bits per heavy atom. The number of pyridine rings is 1. The number of hydrazone groups is 1. The number of nitrogens with one attached hydrogen (secondary N) is 2. The van der Waals surface area contributed by atoms with E-state index in [4.69, 9.17) is 4.98 Å². The fourth-order valence-corrected chi connectivity index (χ4v) is 2.90. The van der Waals surface area contributed by atoms with E-state index in [0.29, 0.717) is 18.8 Å². The van der Waals surface area contributed by atoms with Gasteiger partial charge in [0.25, 0.3) is 0 Å². The molecule has 0 radical (unpaired) electrons. The number of imidazole rings is 1. The second-order valence-corrected chi connectivity index (χ2v) is 6.18. The van der Waals surface area contributed by atoms with Gasteiger partial charge in [0.2, 0.25) is 11.9 Å². The van der Waals surface area contributed by atoms with E-state index < -0.39 is 5.95 Å². The molecule has 1 fully saturated rings. The van der Waals surface area contributed by atoms with Gasteiger partial charge in [-0.3, -0.25) is 0 Å². The maximum absolute atomic E-state index is 13.1. The fourth-order valence-electron chi connectivity index (χ4n) is 2.90. The van der Waals surface area contributed by atoms with Crippen molar-refractivity contribution in [3.05, 3.63) is 41.2 Å². The molecule has 1 aliphatic heterocycles. The fraction of sp³-hybridized carbons (Fsp3) is 0.421. The van der Waals surface area contributed by atoms with Crippen LogP contribution in [0.2, 0.25) is 0 Å². The number of nitrogens with zero attached hydrogens (tertiary/aromatic N) is 5. The van der Waals surface area contributed by atoms with Gasteiger partial charge in [-0.2, -0.15) is 9.49 Å². The first-order chi connectivity index (χ1) is 13.2. The van der Waals surface area contributed by atoms with Crippen molar-refractivity contribution >= 4 is 12.2 Å². The van der Waals surface area contributed by atoms with Crippen molar-refractivity contribution in [1.29, 1.82) is 0 Å². The highest BCUT2D eigenvalue weighted by Gasteiger charge is 2.19. The molecule has 2 aromatic rings. The van der Waals surface area contributed by atoms with Crippen LogP contribution in [0.4, 0.5) is 10.3 Å². The first-order valence-corrected chi connectivity index (χ1v) is 8.99. The van der Waals surface area contributed by atoms with Crippen LogP contribution in [0.25, 0.3) is 0 Å². The van der Waals surface area contributed by atoms with Gasteiger partial charge in [-0.1, -0.05) is 12.0 Å². The minimum atomic E-state index is -0.495. The molecule has 2 N–H and O–H groups in total. The lowest BCUT2D eigenvalue weighted by atomic mass is 10.3. The SMILES string of the molecule is CC#CCn1c(N2CCNCC2)nc(/C=N\NCc2cccc(F)n2)c1C. The van der Waals surface area contributed by atoms with Crippen LogP contribution in [0.3, 0.4) is 0 Å². The molecule has 0 amide bonds. The van der Waals surface area contributed by atoms with E-state index in [2.05, 4.69) is 42.1 Å². The van der Waals surface area contributed by atoms with Crippen LogP contribution in [0, 0.1) is 24.7 Å². The number of halogens is 1. The van der Waals surface area contributed by atoms with Crippen molar-refractivity contribution in [3.63, 3.8) is 0 Å². The molecule has 0 atom stereocenters. The minimum Gasteiger partial charge on any atom is -0.340 e. The molecule has 27 heavy (non-hydrogen) atoms. The van der Waals surface area contributed by atoms with Crippen LogP contribution >= 0.6 is 0 Å². The summed E-state index contributed by atoms with van der Waals surface area (Å²) in [5, 5.41) is 7.58. The molecule has 142 valence electrons. The van der Waals surface area contributed by atoms with Gasteiger partial charge in [0, 0.05) is 31.9 Å². The third-order valence-corrected chi connectivity index (χ3v) is 4.36. The Balaban J connectivity index is 1.73. The molecule has 0 unspecified atom stereocenters. The van der Waals surface area contributed by atoms with Crippen LogP contribution in [0.5, 0.6) is 0 Å². The van der Waals surface area contributed by atoms with Gasteiger partial charge in [0.05, 0.1) is 25.0 Å².